The van der Waals surface area contributed by atoms with Crippen LogP contribution in [0.15, 0.2) is 0 Å². The Morgan fingerprint density at radius 2 is 2.10 bits per heavy atom. The number of ether oxygens (including phenoxy) is 3. The van der Waals surface area contributed by atoms with E-state index >= 15 is 0 Å². The minimum absolute atomic E-state index is 0.234. The van der Waals surface area contributed by atoms with Gasteiger partial charge < -0.3 is 19.3 Å². The van der Waals surface area contributed by atoms with Gasteiger partial charge in [-0.05, 0) is 25.7 Å². The van der Waals surface area contributed by atoms with Crippen molar-refractivity contribution >= 4 is 5.97 Å². The number of esters is 1. The van der Waals surface area contributed by atoms with Crippen molar-refractivity contribution in [2.45, 2.75) is 69.5 Å². The molecule has 0 aromatic heterocycles. The van der Waals surface area contributed by atoms with E-state index in [2.05, 4.69) is 13.8 Å². The van der Waals surface area contributed by atoms with Crippen LogP contribution >= 0.6 is 0 Å². The number of epoxide rings is 1. The lowest BCUT2D eigenvalue weighted by molar-refractivity contribution is -0.237. The molecule has 0 amide bonds. The predicted octanol–water partition coefficient (Wildman–Crippen LogP) is 1.62. The van der Waals surface area contributed by atoms with Crippen LogP contribution in [-0.2, 0) is 19.0 Å². The zero-order valence-electron chi connectivity index (χ0n) is 13.1. The molecule has 2 aliphatic carbocycles. The van der Waals surface area contributed by atoms with Gasteiger partial charge in [0, 0.05) is 18.9 Å². The minimum atomic E-state index is -0.963. The number of methoxy groups -OCH3 is 1. The van der Waals surface area contributed by atoms with Gasteiger partial charge in [-0.1, -0.05) is 20.3 Å². The number of aliphatic hydroxyl groups is 1. The molecule has 0 aromatic carbocycles. The normalized spacial score (nSPS) is 61.6. The summed E-state index contributed by atoms with van der Waals surface area (Å²) in [6.45, 7) is 6.12. The van der Waals surface area contributed by atoms with Crippen molar-refractivity contribution in [3.05, 3.63) is 0 Å². The van der Waals surface area contributed by atoms with Crippen LogP contribution in [-0.4, -0.2) is 41.3 Å². The van der Waals surface area contributed by atoms with Crippen LogP contribution < -0.4 is 0 Å². The first-order valence-corrected chi connectivity index (χ1v) is 7.96. The predicted molar refractivity (Wildman–Crippen MR) is 73.3 cm³/mol. The molecular formula is C16H24O5. The summed E-state index contributed by atoms with van der Waals surface area (Å²) in [6, 6.07) is 0. The molecule has 4 fully saturated rings. The first kappa shape index (κ1) is 14.0. The fraction of sp³-hybridized carbons (Fsp3) is 0.938. The summed E-state index contributed by atoms with van der Waals surface area (Å²) in [7, 11) is 1.65. The average molecular weight is 296 g/mol. The number of carbonyl (C=O) groups excluding carboxylic acids is 1. The fourth-order valence-corrected chi connectivity index (χ4v) is 5.64. The Labute approximate surface area is 124 Å². The van der Waals surface area contributed by atoms with Crippen molar-refractivity contribution in [3.8, 4) is 0 Å². The van der Waals surface area contributed by atoms with E-state index in [0.29, 0.717) is 18.8 Å². The first-order valence-electron chi connectivity index (χ1n) is 7.96. The summed E-state index contributed by atoms with van der Waals surface area (Å²) in [5, 5.41) is 11.4. The van der Waals surface area contributed by atoms with Gasteiger partial charge in [-0.3, -0.25) is 4.79 Å². The molecule has 0 aromatic rings. The number of carbonyl (C=O) groups is 1. The first-order chi connectivity index (χ1) is 9.77. The average Bonchev–Trinajstić information content (AvgIpc) is 2.99. The Morgan fingerprint density at radius 1 is 1.38 bits per heavy atom. The van der Waals surface area contributed by atoms with Gasteiger partial charge in [-0.2, -0.15) is 0 Å². The molecule has 0 radical (unpaired) electrons. The Kier molecular flexibility index (Phi) is 2.42. The van der Waals surface area contributed by atoms with E-state index in [1.165, 1.54) is 0 Å². The molecule has 2 saturated carbocycles. The molecule has 2 aliphatic heterocycles. The fourth-order valence-electron chi connectivity index (χ4n) is 5.64. The lowest BCUT2D eigenvalue weighted by Gasteiger charge is -2.59. The zero-order chi connectivity index (χ0) is 15.3. The Balaban J connectivity index is 1.88. The third kappa shape index (κ3) is 1.21. The second kappa shape index (κ2) is 3.63. The zero-order valence-corrected chi connectivity index (χ0v) is 13.1. The Bertz CT molecular complexity index is 521. The summed E-state index contributed by atoms with van der Waals surface area (Å²) in [4.78, 5) is 12.1. The minimum Gasteiger partial charge on any atom is -0.429 e. The highest BCUT2D eigenvalue weighted by Crippen LogP contribution is 2.74. The molecule has 2 saturated heterocycles. The van der Waals surface area contributed by atoms with Crippen molar-refractivity contribution in [2.75, 3.05) is 7.11 Å². The summed E-state index contributed by atoms with van der Waals surface area (Å²) in [5.74, 6) is -1.24. The quantitative estimate of drug-likeness (QED) is 0.588. The van der Waals surface area contributed by atoms with Crippen molar-refractivity contribution < 1.29 is 24.1 Å². The molecule has 4 aliphatic rings. The number of fused-ring (bicyclic) bond motifs is 1. The second-order valence-corrected chi connectivity index (χ2v) is 7.69. The Morgan fingerprint density at radius 3 is 2.76 bits per heavy atom. The van der Waals surface area contributed by atoms with Crippen LogP contribution in [0.2, 0.25) is 0 Å². The van der Waals surface area contributed by atoms with Crippen LogP contribution in [0.3, 0.4) is 0 Å². The number of hydrogen-bond donors (Lipinski definition) is 1. The molecule has 1 N–H and O–H groups in total. The number of rotatable bonds is 1. The molecule has 0 spiro atoms. The van der Waals surface area contributed by atoms with Gasteiger partial charge in [0.1, 0.15) is 6.10 Å². The van der Waals surface area contributed by atoms with Gasteiger partial charge in [-0.25, -0.2) is 0 Å². The maximum Gasteiger partial charge on any atom is 0.314 e. The second-order valence-electron chi connectivity index (χ2n) is 7.69. The third-order valence-corrected chi connectivity index (χ3v) is 7.10. The highest BCUT2D eigenvalue weighted by Gasteiger charge is 2.92. The maximum absolute atomic E-state index is 12.1. The van der Waals surface area contributed by atoms with Crippen LogP contribution in [0.1, 0.15) is 46.5 Å². The van der Waals surface area contributed by atoms with Crippen molar-refractivity contribution in [2.24, 2.45) is 17.3 Å². The molecule has 5 heteroatoms. The van der Waals surface area contributed by atoms with Crippen molar-refractivity contribution in [1.82, 2.24) is 0 Å². The van der Waals surface area contributed by atoms with Gasteiger partial charge in [-0.15, -0.1) is 0 Å². The van der Waals surface area contributed by atoms with Gasteiger partial charge in [0.25, 0.3) is 0 Å². The SMILES string of the molecule is CO[C@H]1[C@]2(C)[C@@H](C)CCC[C@]2(O)C[C@]23OC(=O)[C@@H](C)[C@]12O3. The molecule has 21 heavy (non-hydrogen) atoms. The van der Waals surface area contributed by atoms with Gasteiger partial charge >= 0.3 is 5.97 Å². The molecule has 0 bridgehead atoms. The smallest absolute Gasteiger partial charge is 0.314 e. The molecule has 5 nitrogen and oxygen atoms in total. The van der Waals surface area contributed by atoms with Crippen LogP contribution in [0.4, 0.5) is 0 Å². The summed E-state index contributed by atoms with van der Waals surface area (Å²) in [6.07, 6.45) is 2.79. The maximum atomic E-state index is 12.1. The molecule has 118 valence electrons. The molecule has 4 rings (SSSR count). The largest absolute Gasteiger partial charge is 0.429 e. The topological polar surface area (TPSA) is 68.3 Å². The summed E-state index contributed by atoms with van der Waals surface area (Å²) in [5.41, 5.74) is -2.05. The monoisotopic (exact) mass is 296 g/mol. The van der Waals surface area contributed by atoms with Crippen molar-refractivity contribution in [3.63, 3.8) is 0 Å². The van der Waals surface area contributed by atoms with Gasteiger partial charge in [0.05, 0.1) is 11.5 Å². The highest BCUT2D eigenvalue weighted by atomic mass is 16.8. The van der Waals surface area contributed by atoms with E-state index in [1.54, 1.807) is 7.11 Å². The Hall–Kier alpha value is -0.650. The van der Waals surface area contributed by atoms with Crippen molar-refractivity contribution in [1.29, 1.82) is 0 Å². The van der Waals surface area contributed by atoms with E-state index in [1.807, 2.05) is 6.92 Å². The van der Waals surface area contributed by atoms with Gasteiger partial charge in [0.2, 0.25) is 5.79 Å². The molecule has 7 atom stereocenters. The van der Waals surface area contributed by atoms with Crippen LogP contribution in [0.25, 0.3) is 0 Å². The van der Waals surface area contributed by atoms with Crippen LogP contribution in [0, 0.1) is 17.3 Å². The third-order valence-electron chi connectivity index (χ3n) is 7.10. The van der Waals surface area contributed by atoms with E-state index < -0.39 is 22.4 Å². The lowest BCUT2D eigenvalue weighted by atomic mass is 9.48. The van der Waals surface area contributed by atoms with E-state index in [-0.39, 0.29) is 18.0 Å². The lowest BCUT2D eigenvalue weighted by Crippen LogP contribution is -2.69. The van der Waals surface area contributed by atoms with Crippen LogP contribution in [0.5, 0.6) is 0 Å². The number of hydrogen-bond acceptors (Lipinski definition) is 5. The van der Waals surface area contributed by atoms with Gasteiger partial charge in [0.15, 0.2) is 5.60 Å². The summed E-state index contributed by atoms with van der Waals surface area (Å²) >= 11 is 0. The highest BCUT2D eigenvalue weighted by molar-refractivity contribution is 5.79. The molecule has 2 heterocycles. The van der Waals surface area contributed by atoms with E-state index in [9.17, 15) is 9.90 Å². The standard InChI is InChI=1S/C16H24O5/c1-9-6-5-7-14(18)8-15-16(21-15,10(2)11(17)20-15)12(19-4)13(9,14)3/h9-10,12,18H,5-8H2,1-4H3/t9-,10+,12-,13-,14-,15+,16-/m0/s1. The molecule has 0 unspecified atom stereocenters. The molecular weight excluding hydrogens is 272 g/mol. The van der Waals surface area contributed by atoms with E-state index in [0.717, 1.165) is 12.8 Å². The summed E-state index contributed by atoms with van der Waals surface area (Å²) < 4.78 is 17.4. The van der Waals surface area contributed by atoms with E-state index in [4.69, 9.17) is 14.2 Å².